The lowest BCUT2D eigenvalue weighted by atomic mass is 10.2. The summed E-state index contributed by atoms with van der Waals surface area (Å²) in [5, 5.41) is 13.3. The Kier molecular flexibility index (Phi) is 5.95. The van der Waals surface area contributed by atoms with Gasteiger partial charge in [-0.25, -0.2) is 0 Å². The Labute approximate surface area is 150 Å². The van der Waals surface area contributed by atoms with Crippen LogP contribution in [0.15, 0.2) is 39.7 Å². The predicted molar refractivity (Wildman–Crippen MR) is 96.0 cm³/mol. The fourth-order valence-electron chi connectivity index (χ4n) is 1.98. The van der Waals surface area contributed by atoms with E-state index in [4.69, 9.17) is 0 Å². The summed E-state index contributed by atoms with van der Waals surface area (Å²) in [6.45, 7) is 3.92. The number of anilines is 1. The van der Waals surface area contributed by atoms with Crippen LogP contribution in [0.5, 0.6) is 0 Å². The quantitative estimate of drug-likeness (QED) is 0.432. The number of amides is 1. The minimum absolute atomic E-state index is 0.146. The number of nitrogens with zero attached hydrogens (tertiary/aromatic N) is 1. The third-order valence-electron chi connectivity index (χ3n) is 3.24. The summed E-state index contributed by atoms with van der Waals surface area (Å²) in [6.07, 6.45) is 0. The minimum atomic E-state index is -0.937. The molecule has 8 heteroatoms. The van der Waals surface area contributed by atoms with E-state index >= 15 is 0 Å². The molecule has 0 aliphatic rings. The van der Waals surface area contributed by atoms with Crippen LogP contribution < -0.4 is 5.32 Å². The average Bonchev–Trinajstić information content (AvgIpc) is 2.51. The van der Waals surface area contributed by atoms with Crippen molar-refractivity contribution in [3.63, 3.8) is 0 Å². The topological polar surface area (TPSA) is 72.2 Å². The van der Waals surface area contributed by atoms with Gasteiger partial charge in [-0.2, -0.15) is 4.39 Å². The molecule has 0 spiro atoms. The van der Waals surface area contributed by atoms with Gasteiger partial charge in [0.25, 0.3) is 0 Å². The van der Waals surface area contributed by atoms with E-state index in [9.17, 15) is 19.3 Å². The van der Waals surface area contributed by atoms with Crippen molar-refractivity contribution in [3.05, 3.63) is 61.9 Å². The Morgan fingerprint density at radius 2 is 2.00 bits per heavy atom. The van der Waals surface area contributed by atoms with Gasteiger partial charge in [-0.05, 0) is 49.2 Å². The molecule has 0 atom stereocenters. The lowest BCUT2D eigenvalue weighted by Crippen LogP contribution is -2.14. The van der Waals surface area contributed by atoms with Gasteiger partial charge in [0, 0.05) is 21.1 Å². The van der Waals surface area contributed by atoms with Gasteiger partial charge in [0.15, 0.2) is 0 Å². The summed E-state index contributed by atoms with van der Waals surface area (Å²) >= 11 is 4.82. The molecule has 0 heterocycles. The molecule has 5 nitrogen and oxygen atoms in total. The van der Waals surface area contributed by atoms with E-state index in [1.807, 2.05) is 26.0 Å². The first kappa shape index (κ1) is 18.4. The van der Waals surface area contributed by atoms with Crippen molar-refractivity contribution >= 4 is 45.0 Å². The molecule has 0 aromatic heterocycles. The fraction of sp³-hybridized carbons (Fsp3) is 0.188. The van der Waals surface area contributed by atoms with Gasteiger partial charge >= 0.3 is 5.69 Å². The van der Waals surface area contributed by atoms with Crippen molar-refractivity contribution in [1.29, 1.82) is 0 Å². The summed E-state index contributed by atoms with van der Waals surface area (Å²) in [4.78, 5) is 22.9. The standard InChI is InChI=1S/C16H14BrFN2O3S/c1-9-6-15(10(2)5-12(9)17)24-8-16(21)19-11-3-4-13(18)14(7-11)20(22)23/h3-7H,8H2,1-2H3,(H,19,21). The van der Waals surface area contributed by atoms with Crippen LogP contribution in [-0.2, 0) is 4.79 Å². The Hall–Kier alpha value is -1.93. The number of hydrogen-bond acceptors (Lipinski definition) is 4. The number of halogens is 2. The van der Waals surface area contributed by atoms with Crippen molar-refractivity contribution in [3.8, 4) is 0 Å². The molecule has 0 aliphatic carbocycles. The van der Waals surface area contributed by atoms with Crippen molar-refractivity contribution < 1.29 is 14.1 Å². The molecule has 126 valence electrons. The highest BCUT2D eigenvalue weighted by Gasteiger charge is 2.15. The van der Waals surface area contributed by atoms with Crippen LogP contribution in [0.25, 0.3) is 0 Å². The summed E-state index contributed by atoms with van der Waals surface area (Å²) in [5.41, 5.74) is 1.64. The molecule has 24 heavy (non-hydrogen) atoms. The Bertz CT molecular complexity index is 814. The predicted octanol–water partition coefficient (Wildman–Crippen LogP) is 4.84. The van der Waals surface area contributed by atoms with E-state index in [0.29, 0.717) is 0 Å². The number of rotatable bonds is 5. The number of carbonyl (C=O) groups excluding carboxylic acids is 1. The first-order valence-corrected chi connectivity index (χ1v) is 8.69. The maximum absolute atomic E-state index is 13.3. The molecule has 0 radical (unpaired) electrons. The molecular weight excluding hydrogens is 399 g/mol. The largest absolute Gasteiger partial charge is 0.325 e. The molecule has 2 aromatic rings. The maximum atomic E-state index is 13.3. The summed E-state index contributed by atoms with van der Waals surface area (Å²) < 4.78 is 14.3. The second-order valence-electron chi connectivity index (χ2n) is 5.13. The fourth-order valence-corrected chi connectivity index (χ4v) is 3.34. The smallest absolute Gasteiger partial charge is 0.306 e. The number of nitro groups is 1. The van der Waals surface area contributed by atoms with Crippen LogP contribution >= 0.6 is 27.7 Å². The third-order valence-corrected chi connectivity index (χ3v) is 5.25. The molecule has 1 N–H and O–H groups in total. The number of nitrogens with one attached hydrogen (secondary N) is 1. The number of hydrogen-bond donors (Lipinski definition) is 1. The van der Waals surface area contributed by atoms with E-state index in [-0.39, 0.29) is 17.3 Å². The highest BCUT2D eigenvalue weighted by Crippen LogP contribution is 2.28. The van der Waals surface area contributed by atoms with E-state index in [2.05, 4.69) is 21.2 Å². The number of thioether (sulfide) groups is 1. The highest BCUT2D eigenvalue weighted by atomic mass is 79.9. The number of benzene rings is 2. The number of aryl methyl sites for hydroxylation is 2. The van der Waals surface area contributed by atoms with Crippen LogP contribution in [0.3, 0.4) is 0 Å². The monoisotopic (exact) mass is 412 g/mol. The zero-order valence-electron chi connectivity index (χ0n) is 12.9. The molecule has 0 fully saturated rings. The van der Waals surface area contributed by atoms with E-state index in [1.165, 1.54) is 17.8 Å². The lowest BCUT2D eigenvalue weighted by molar-refractivity contribution is -0.387. The van der Waals surface area contributed by atoms with Gasteiger partial charge in [-0.3, -0.25) is 14.9 Å². The summed E-state index contributed by atoms with van der Waals surface area (Å²) in [5.74, 6) is -1.11. The Morgan fingerprint density at radius 3 is 2.67 bits per heavy atom. The molecule has 1 amide bonds. The van der Waals surface area contributed by atoms with Crippen molar-refractivity contribution in [1.82, 2.24) is 0 Å². The number of nitro benzene ring substituents is 1. The lowest BCUT2D eigenvalue weighted by Gasteiger charge is -2.09. The molecule has 0 bridgehead atoms. The van der Waals surface area contributed by atoms with Crippen LogP contribution in [-0.4, -0.2) is 16.6 Å². The number of carbonyl (C=O) groups is 1. The molecular formula is C16H14BrFN2O3S. The Morgan fingerprint density at radius 1 is 1.29 bits per heavy atom. The summed E-state index contributed by atoms with van der Waals surface area (Å²) in [6, 6.07) is 7.23. The molecule has 0 saturated carbocycles. The van der Waals surface area contributed by atoms with Crippen molar-refractivity contribution in [2.24, 2.45) is 0 Å². The van der Waals surface area contributed by atoms with Gasteiger partial charge in [-0.15, -0.1) is 11.8 Å². The second kappa shape index (κ2) is 7.76. The normalized spacial score (nSPS) is 10.5. The van der Waals surface area contributed by atoms with Gasteiger partial charge < -0.3 is 5.32 Å². The first-order valence-electron chi connectivity index (χ1n) is 6.91. The van der Waals surface area contributed by atoms with Gasteiger partial charge in [0.2, 0.25) is 11.7 Å². The van der Waals surface area contributed by atoms with E-state index < -0.39 is 16.4 Å². The molecule has 0 aliphatic heterocycles. The average molecular weight is 413 g/mol. The zero-order chi connectivity index (χ0) is 17.9. The second-order valence-corrected chi connectivity index (χ2v) is 7.00. The van der Waals surface area contributed by atoms with E-state index in [1.54, 1.807) is 0 Å². The zero-order valence-corrected chi connectivity index (χ0v) is 15.3. The molecule has 0 saturated heterocycles. The van der Waals surface area contributed by atoms with Gasteiger partial charge in [0.1, 0.15) is 0 Å². The highest BCUT2D eigenvalue weighted by molar-refractivity contribution is 9.10. The SMILES string of the molecule is Cc1cc(SCC(=O)Nc2ccc(F)c([N+](=O)[O-])c2)c(C)cc1Br. The first-order chi connectivity index (χ1) is 11.3. The van der Waals surface area contributed by atoms with Gasteiger partial charge in [-0.1, -0.05) is 15.9 Å². The third kappa shape index (κ3) is 4.55. The van der Waals surface area contributed by atoms with Crippen LogP contribution in [0.1, 0.15) is 11.1 Å². The van der Waals surface area contributed by atoms with Crippen molar-refractivity contribution in [2.45, 2.75) is 18.7 Å². The maximum Gasteiger partial charge on any atom is 0.306 e. The Balaban J connectivity index is 2.03. The molecule has 2 aromatic carbocycles. The van der Waals surface area contributed by atoms with Crippen LogP contribution in [0.4, 0.5) is 15.8 Å². The molecule has 2 rings (SSSR count). The minimum Gasteiger partial charge on any atom is -0.325 e. The van der Waals surface area contributed by atoms with Crippen LogP contribution in [0, 0.1) is 29.8 Å². The van der Waals surface area contributed by atoms with Gasteiger partial charge in [0.05, 0.1) is 10.7 Å². The summed E-state index contributed by atoms with van der Waals surface area (Å²) in [7, 11) is 0. The van der Waals surface area contributed by atoms with Crippen molar-refractivity contribution in [2.75, 3.05) is 11.1 Å². The molecule has 0 unspecified atom stereocenters. The van der Waals surface area contributed by atoms with Crippen LogP contribution in [0.2, 0.25) is 0 Å². The van der Waals surface area contributed by atoms with E-state index in [0.717, 1.165) is 32.6 Å².